The highest BCUT2D eigenvalue weighted by Gasteiger charge is 2.40. The van der Waals surface area contributed by atoms with Crippen molar-refractivity contribution in [3.8, 4) is 0 Å². The van der Waals surface area contributed by atoms with Crippen LogP contribution in [0, 0.1) is 5.92 Å². The zero-order chi connectivity index (χ0) is 14.9. The number of thioether (sulfide) groups is 1. The van der Waals surface area contributed by atoms with Crippen molar-refractivity contribution in [2.24, 2.45) is 5.92 Å². The Labute approximate surface area is 131 Å². The third-order valence-electron chi connectivity index (χ3n) is 4.72. The molecule has 0 atom stereocenters. The zero-order valence-corrected chi connectivity index (χ0v) is 14.1. The third kappa shape index (κ3) is 2.78. The highest BCUT2D eigenvalue weighted by Crippen LogP contribution is 2.43. The minimum Gasteiger partial charge on any atom is -0.373 e. The first-order chi connectivity index (χ1) is 10.2. The lowest BCUT2D eigenvalue weighted by molar-refractivity contribution is -0.0837. The van der Waals surface area contributed by atoms with E-state index in [0.717, 1.165) is 48.5 Å². The number of nitrogens with zero attached hydrogens (tertiary/aromatic N) is 2. The number of fused-ring (bicyclic) bond motifs is 1. The molecule has 2 heterocycles. The van der Waals surface area contributed by atoms with E-state index >= 15 is 0 Å². The van der Waals surface area contributed by atoms with E-state index in [1.807, 2.05) is 18.8 Å². The van der Waals surface area contributed by atoms with Gasteiger partial charge in [-0.25, -0.2) is 9.97 Å². The maximum absolute atomic E-state index is 6.20. The Kier molecular flexibility index (Phi) is 4.41. The molecule has 1 aromatic rings. The lowest BCUT2D eigenvalue weighted by atomic mass is 9.78. The summed E-state index contributed by atoms with van der Waals surface area (Å²) in [6.07, 6.45) is 4.47. The summed E-state index contributed by atoms with van der Waals surface area (Å²) in [4.78, 5) is 9.75. The van der Waals surface area contributed by atoms with Crippen LogP contribution in [0.5, 0.6) is 0 Å². The minimum absolute atomic E-state index is 0.269. The molecular weight excluding hydrogens is 282 g/mol. The first kappa shape index (κ1) is 15.1. The predicted octanol–water partition coefficient (Wildman–Crippen LogP) is 3.71. The van der Waals surface area contributed by atoms with E-state index in [2.05, 4.69) is 19.2 Å². The smallest absolute Gasteiger partial charge is 0.162 e. The van der Waals surface area contributed by atoms with Crippen LogP contribution in [0.3, 0.4) is 0 Å². The maximum atomic E-state index is 6.20. The molecular formula is C16H25N3OS. The second-order valence-corrected chi connectivity index (χ2v) is 7.16. The second-order valence-electron chi connectivity index (χ2n) is 6.17. The number of nitrogens with one attached hydrogen (secondary N) is 1. The Bertz CT molecular complexity index is 512. The fourth-order valence-electron chi connectivity index (χ4n) is 3.40. The predicted molar refractivity (Wildman–Crippen MR) is 87.5 cm³/mol. The van der Waals surface area contributed by atoms with Crippen LogP contribution in [0.4, 0.5) is 5.82 Å². The van der Waals surface area contributed by atoms with Gasteiger partial charge in [-0.05, 0) is 38.5 Å². The van der Waals surface area contributed by atoms with Crippen molar-refractivity contribution in [3.63, 3.8) is 0 Å². The van der Waals surface area contributed by atoms with Gasteiger partial charge >= 0.3 is 0 Å². The van der Waals surface area contributed by atoms with E-state index in [0.29, 0.717) is 0 Å². The molecule has 1 N–H and O–H groups in total. The van der Waals surface area contributed by atoms with Crippen LogP contribution >= 0.6 is 11.8 Å². The van der Waals surface area contributed by atoms with Gasteiger partial charge < -0.3 is 10.1 Å². The molecule has 1 aliphatic heterocycles. The van der Waals surface area contributed by atoms with Crippen LogP contribution in [-0.2, 0) is 21.8 Å². The van der Waals surface area contributed by atoms with E-state index in [1.54, 1.807) is 0 Å². The van der Waals surface area contributed by atoms with Gasteiger partial charge in [0.1, 0.15) is 11.4 Å². The lowest BCUT2D eigenvalue weighted by Crippen LogP contribution is -2.36. The number of anilines is 1. The molecule has 5 heteroatoms. The Morgan fingerprint density at radius 2 is 2.05 bits per heavy atom. The summed E-state index contributed by atoms with van der Waals surface area (Å²) in [5, 5.41) is 3.25. The molecule has 1 aromatic heterocycles. The molecule has 2 aliphatic rings. The molecule has 116 valence electrons. The first-order valence-electron chi connectivity index (χ1n) is 7.98. The second kappa shape index (κ2) is 6.13. The van der Waals surface area contributed by atoms with Crippen LogP contribution in [0.2, 0.25) is 0 Å². The minimum atomic E-state index is -0.269. The van der Waals surface area contributed by atoms with Gasteiger partial charge in [0.25, 0.3) is 0 Å². The van der Waals surface area contributed by atoms with Crippen LogP contribution < -0.4 is 5.32 Å². The Morgan fingerprint density at radius 1 is 1.29 bits per heavy atom. The molecule has 0 amide bonds. The summed E-state index contributed by atoms with van der Waals surface area (Å²) in [5.41, 5.74) is 2.21. The van der Waals surface area contributed by atoms with Crippen molar-refractivity contribution in [1.29, 1.82) is 0 Å². The standard InChI is InChI=1S/C16H25N3OS/c1-4-20-16(7-5-11(2)6-8-16)15-18-13-10-21-9-12(13)14(17-3)19-15/h11H,4-10H2,1-3H3,(H,17,18,19). The van der Waals surface area contributed by atoms with Gasteiger partial charge in [-0.3, -0.25) is 0 Å². The van der Waals surface area contributed by atoms with Gasteiger partial charge in [0, 0.05) is 30.7 Å². The molecule has 0 saturated heterocycles. The summed E-state index contributed by atoms with van der Waals surface area (Å²) in [6.45, 7) is 5.12. The highest BCUT2D eigenvalue weighted by molar-refractivity contribution is 7.98. The quantitative estimate of drug-likeness (QED) is 0.919. The monoisotopic (exact) mass is 307 g/mol. The molecule has 1 aliphatic carbocycles. The molecule has 0 unspecified atom stereocenters. The first-order valence-corrected chi connectivity index (χ1v) is 9.13. The van der Waals surface area contributed by atoms with Gasteiger partial charge in [0.05, 0.1) is 5.69 Å². The molecule has 3 rings (SSSR count). The number of aromatic nitrogens is 2. The van der Waals surface area contributed by atoms with Crippen LogP contribution in [0.25, 0.3) is 0 Å². The topological polar surface area (TPSA) is 47.0 Å². The summed E-state index contributed by atoms with van der Waals surface area (Å²) < 4.78 is 6.20. The van der Waals surface area contributed by atoms with E-state index < -0.39 is 0 Å². The van der Waals surface area contributed by atoms with Crippen LogP contribution in [0.1, 0.15) is 56.6 Å². The highest BCUT2D eigenvalue weighted by atomic mass is 32.2. The number of rotatable bonds is 4. The summed E-state index contributed by atoms with van der Waals surface area (Å²) in [7, 11) is 1.95. The van der Waals surface area contributed by atoms with Crippen molar-refractivity contribution in [1.82, 2.24) is 9.97 Å². The molecule has 1 saturated carbocycles. The SMILES string of the molecule is CCOC1(c2nc3c(c(NC)n2)CSC3)CCC(C)CC1. The third-order valence-corrected chi connectivity index (χ3v) is 5.70. The lowest BCUT2D eigenvalue weighted by Gasteiger charge is -2.38. The van der Waals surface area contributed by atoms with E-state index in [-0.39, 0.29) is 5.60 Å². The normalized spacial score (nSPS) is 28.4. The summed E-state index contributed by atoms with van der Waals surface area (Å²) in [5.74, 6) is 4.70. The molecule has 4 nitrogen and oxygen atoms in total. The van der Waals surface area contributed by atoms with Crippen molar-refractivity contribution < 1.29 is 4.74 Å². The fraction of sp³-hybridized carbons (Fsp3) is 0.750. The Balaban J connectivity index is 2.00. The molecule has 0 spiro atoms. The Morgan fingerprint density at radius 3 is 2.71 bits per heavy atom. The van der Waals surface area contributed by atoms with Crippen molar-refractivity contribution in [3.05, 3.63) is 17.1 Å². The summed E-state index contributed by atoms with van der Waals surface area (Å²) in [6, 6.07) is 0. The Hall–Kier alpha value is -0.810. The maximum Gasteiger partial charge on any atom is 0.162 e. The van der Waals surface area contributed by atoms with Crippen molar-refractivity contribution in [2.45, 2.75) is 56.6 Å². The van der Waals surface area contributed by atoms with E-state index in [4.69, 9.17) is 14.7 Å². The molecule has 0 radical (unpaired) electrons. The summed E-state index contributed by atoms with van der Waals surface area (Å²) >= 11 is 1.92. The number of ether oxygens (including phenoxy) is 1. The average Bonchev–Trinajstić information content (AvgIpc) is 2.97. The largest absolute Gasteiger partial charge is 0.373 e. The van der Waals surface area contributed by atoms with Gasteiger partial charge in [-0.1, -0.05) is 6.92 Å². The molecule has 0 aromatic carbocycles. The fourth-order valence-corrected chi connectivity index (χ4v) is 4.44. The van der Waals surface area contributed by atoms with E-state index in [9.17, 15) is 0 Å². The van der Waals surface area contributed by atoms with Crippen molar-refractivity contribution >= 4 is 17.6 Å². The number of hydrogen-bond donors (Lipinski definition) is 1. The van der Waals surface area contributed by atoms with Crippen molar-refractivity contribution in [2.75, 3.05) is 19.0 Å². The molecule has 0 bridgehead atoms. The molecule has 21 heavy (non-hydrogen) atoms. The average molecular weight is 307 g/mol. The van der Waals surface area contributed by atoms with Gasteiger partial charge in [-0.2, -0.15) is 11.8 Å². The van der Waals surface area contributed by atoms with E-state index in [1.165, 1.54) is 24.1 Å². The number of hydrogen-bond acceptors (Lipinski definition) is 5. The van der Waals surface area contributed by atoms with Crippen LogP contribution in [0.15, 0.2) is 0 Å². The van der Waals surface area contributed by atoms with Gasteiger partial charge in [-0.15, -0.1) is 0 Å². The van der Waals surface area contributed by atoms with Gasteiger partial charge in [0.15, 0.2) is 5.82 Å². The zero-order valence-electron chi connectivity index (χ0n) is 13.2. The van der Waals surface area contributed by atoms with Crippen LogP contribution in [-0.4, -0.2) is 23.6 Å². The molecule has 1 fully saturated rings. The van der Waals surface area contributed by atoms with Gasteiger partial charge in [0.2, 0.25) is 0 Å².